The van der Waals surface area contributed by atoms with Gasteiger partial charge in [0.1, 0.15) is 6.04 Å². The van der Waals surface area contributed by atoms with Crippen LogP contribution >= 0.6 is 0 Å². The van der Waals surface area contributed by atoms with E-state index >= 15 is 0 Å². The topological polar surface area (TPSA) is 182 Å². The maximum absolute atomic E-state index is 13.3. The molecule has 4 amide bonds. The second kappa shape index (κ2) is 13.2. The number of amides is 4. The number of piperazine rings is 1. The average molecular weight is 663 g/mol. The molecule has 0 radical (unpaired) electrons. The van der Waals surface area contributed by atoms with Gasteiger partial charge in [-0.2, -0.15) is 12.7 Å². The highest BCUT2D eigenvalue weighted by molar-refractivity contribution is 7.90. The van der Waals surface area contributed by atoms with Gasteiger partial charge in [0.2, 0.25) is 11.8 Å². The monoisotopic (exact) mass is 662 g/mol. The van der Waals surface area contributed by atoms with E-state index in [4.69, 9.17) is 0 Å². The number of hydrogen-bond donors (Lipinski definition) is 3. The Morgan fingerprint density at radius 1 is 0.851 bits per heavy atom. The van der Waals surface area contributed by atoms with Crippen molar-refractivity contribution in [3.63, 3.8) is 0 Å². The van der Waals surface area contributed by atoms with Gasteiger partial charge in [-0.15, -0.1) is 0 Å². The highest BCUT2D eigenvalue weighted by Gasteiger charge is 2.46. The van der Waals surface area contributed by atoms with Crippen molar-refractivity contribution in [3.05, 3.63) is 77.0 Å². The van der Waals surface area contributed by atoms with Crippen LogP contribution in [0.4, 0.5) is 5.69 Å². The molecule has 246 valence electrons. The quantitative estimate of drug-likeness (QED) is 0.148. The highest BCUT2D eigenvalue weighted by atomic mass is 32.2. The summed E-state index contributed by atoms with van der Waals surface area (Å²) < 4.78 is 30.4. The SMILES string of the molecule is O=C1CCC(N2C(=O)c3cccc(NS(=O)(=O)N4CCN(CCNC=C5C(=O)CC(c6ccccc6)CC5=O)CC4)c3C2=O)C(=O)N1. The number of anilines is 1. The molecule has 14 nitrogen and oxygen atoms in total. The van der Waals surface area contributed by atoms with Crippen LogP contribution in [0.15, 0.2) is 60.3 Å². The van der Waals surface area contributed by atoms with E-state index < -0.39 is 39.9 Å². The molecule has 47 heavy (non-hydrogen) atoms. The number of imide groups is 2. The number of carbonyl (C=O) groups is 6. The number of Topliss-reactive ketones (excluding diaryl/α,β-unsaturated/α-hetero) is 2. The Morgan fingerprint density at radius 3 is 2.23 bits per heavy atom. The van der Waals surface area contributed by atoms with Gasteiger partial charge >= 0.3 is 10.2 Å². The molecule has 1 atom stereocenters. The lowest BCUT2D eigenvalue weighted by molar-refractivity contribution is -0.136. The van der Waals surface area contributed by atoms with Crippen LogP contribution in [0.25, 0.3) is 0 Å². The third-order valence-corrected chi connectivity index (χ3v) is 10.5. The van der Waals surface area contributed by atoms with Crippen molar-refractivity contribution in [2.24, 2.45) is 0 Å². The second-order valence-electron chi connectivity index (χ2n) is 11.9. The Labute approximate surface area is 271 Å². The summed E-state index contributed by atoms with van der Waals surface area (Å²) in [5, 5.41) is 5.20. The number of fused-ring (bicyclic) bond motifs is 1. The van der Waals surface area contributed by atoms with E-state index in [1.165, 1.54) is 28.7 Å². The molecule has 0 spiro atoms. The smallest absolute Gasteiger partial charge is 0.301 e. The molecule has 2 aromatic rings. The van der Waals surface area contributed by atoms with Gasteiger partial charge in [-0.25, -0.2) is 0 Å². The highest BCUT2D eigenvalue weighted by Crippen LogP contribution is 2.33. The predicted molar refractivity (Wildman–Crippen MR) is 168 cm³/mol. The minimum atomic E-state index is -4.11. The molecule has 0 bridgehead atoms. The predicted octanol–water partition coefficient (Wildman–Crippen LogP) is 0.551. The Hall–Kier alpha value is -4.73. The summed E-state index contributed by atoms with van der Waals surface area (Å²) in [6.07, 6.45) is 2.00. The van der Waals surface area contributed by atoms with E-state index in [1.54, 1.807) is 0 Å². The first-order chi connectivity index (χ1) is 22.5. The summed E-state index contributed by atoms with van der Waals surface area (Å²) in [6.45, 7) is 2.18. The van der Waals surface area contributed by atoms with Gasteiger partial charge < -0.3 is 5.32 Å². The van der Waals surface area contributed by atoms with Crippen LogP contribution in [0.3, 0.4) is 0 Å². The summed E-state index contributed by atoms with van der Waals surface area (Å²) in [6, 6.07) is 12.6. The van der Waals surface area contributed by atoms with Crippen molar-refractivity contribution < 1.29 is 37.2 Å². The summed E-state index contributed by atoms with van der Waals surface area (Å²) in [5.41, 5.74) is 0.907. The van der Waals surface area contributed by atoms with Crippen molar-refractivity contribution in [2.75, 3.05) is 44.0 Å². The average Bonchev–Trinajstić information content (AvgIpc) is 3.30. The molecule has 1 unspecified atom stereocenters. The molecular formula is C32H34N6O8S. The van der Waals surface area contributed by atoms with Crippen molar-refractivity contribution in [2.45, 2.75) is 37.6 Å². The molecule has 2 aromatic carbocycles. The van der Waals surface area contributed by atoms with Gasteiger partial charge in [0.15, 0.2) is 11.6 Å². The molecular weight excluding hydrogens is 628 g/mol. The lowest BCUT2D eigenvalue weighted by Gasteiger charge is -2.34. The number of nitrogens with zero attached hydrogens (tertiary/aromatic N) is 3. The zero-order valence-electron chi connectivity index (χ0n) is 25.4. The van der Waals surface area contributed by atoms with Crippen LogP contribution in [0, 0.1) is 0 Å². The fraction of sp³-hybridized carbons (Fsp3) is 0.375. The fourth-order valence-corrected chi connectivity index (χ4v) is 7.63. The minimum absolute atomic E-state index is 0.0140. The molecule has 15 heteroatoms. The maximum Gasteiger partial charge on any atom is 0.301 e. The Morgan fingerprint density at radius 2 is 1.55 bits per heavy atom. The third-order valence-electron chi connectivity index (χ3n) is 8.93. The van der Waals surface area contributed by atoms with Crippen LogP contribution < -0.4 is 15.4 Å². The second-order valence-corrected chi connectivity index (χ2v) is 13.6. The normalized spacial score (nSPS) is 22.7. The molecule has 3 N–H and O–H groups in total. The molecule has 3 fully saturated rings. The van der Waals surface area contributed by atoms with Crippen molar-refractivity contribution >= 4 is 51.1 Å². The first-order valence-corrected chi connectivity index (χ1v) is 16.9. The molecule has 1 saturated carbocycles. The molecule has 3 aliphatic heterocycles. The maximum atomic E-state index is 13.3. The molecule has 4 aliphatic rings. The van der Waals surface area contributed by atoms with E-state index in [-0.39, 0.29) is 78.6 Å². The van der Waals surface area contributed by atoms with Crippen molar-refractivity contribution in [1.29, 1.82) is 0 Å². The summed E-state index contributed by atoms with van der Waals surface area (Å²) in [7, 11) is -4.11. The van der Waals surface area contributed by atoms with E-state index in [2.05, 4.69) is 15.4 Å². The van der Waals surface area contributed by atoms with E-state index in [0.717, 1.165) is 10.5 Å². The van der Waals surface area contributed by atoms with Crippen molar-refractivity contribution in [3.8, 4) is 0 Å². The fourth-order valence-electron chi connectivity index (χ4n) is 6.41. The van der Waals surface area contributed by atoms with Gasteiger partial charge in [-0.05, 0) is 30.0 Å². The lowest BCUT2D eigenvalue weighted by Crippen LogP contribution is -2.54. The van der Waals surface area contributed by atoms with Crippen LogP contribution in [-0.2, 0) is 29.4 Å². The summed E-state index contributed by atoms with van der Waals surface area (Å²) in [5.74, 6) is -3.27. The number of allylic oxidation sites excluding steroid dienone is 1. The first-order valence-electron chi connectivity index (χ1n) is 15.4. The van der Waals surface area contributed by atoms with Crippen LogP contribution in [0.5, 0.6) is 0 Å². The first kappa shape index (κ1) is 32.2. The standard InChI is InChI=1S/C32H34N6O8S/c39-26-17-21(20-5-2-1-3-6-20)18-27(40)23(26)19-33-11-12-36-13-15-37(16-14-36)47(45,46)35-24-8-4-7-22-29(24)32(44)38(31(22)43)25-9-10-28(41)34-30(25)42/h1-8,19,21,25,33,35H,9-18H2,(H,34,41,42). The zero-order chi connectivity index (χ0) is 33.3. The molecule has 2 saturated heterocycles. The number of piperidine rings is 1. The zero-order valence-corrected chi connectivity index (χ0v) is 26.3. The number of rotatable bonds is 9. The van der Waals surface area contributed by atoms with E-state index in [0.29, 0.717) is 26.2 Å². The number of nitrogens with one attached hydrogen (secondary N) is 3. The van der Waals surface area contributed by atoms with E-state index in [9.17, 15) is 37.2 Å². The van der Waals surface area contributed by atoms with Crippen LogP contribution in [0.2, 0.25) is 0 Å². The largest absolute Gasteiger partial charge is 0.389 e. The van der Waals surface area contributed by atoms with Crippen LogP contribution in [0.1, 0.15) is 57.9 Å². The third kappa shape index (κ3) is 6.59. The molecule has 3 heterocycles. The Kier molecular flexibility index (Phi) is 9.03. The Balaban J connectivity index is 1.01. The number of hydrogen-bond acceptors (Lipinski definition) is 10. The minimum Gasteiger partial charge on any atom is -0.389 e. The number of ketones is 2. The lowest BCUT2D eigenvalue weighted by atomic mass is 9.80. The van der Waals surface area contributed by atoms with Gasteiger partial charge in [0, 0.05) is 64.7 Å². The number of carbonyl (C=O) groups excluding carboxylic acids is 6. The molecule has 0 aromatic heterocycles. The van der Waals surface area contributed by atoms with Gasteiger partial charge in [0.25, 0.3) is 11.8 Å². The van der Waals surface area contributed by atoms with Gasteiger partial charge in [0.05, 0.1) is 22.4 Å². The molecule has 6 rings (SSSR count). The van der Waals surface area contributed by atoms with Gasteiger partial charge in [-0.1, -0.05) is 36.4 Å². The van der Waals surface area contributed by atoms with Gasteiger partial charge in [-0.3, -0.25) is 48.6 Å². The molecule has 1 aliphatic carbocycles. The Bertz CT molecular complexity index is 1770. The summed E-state index contributed by atoms with van der Waals surface area (Å²) in [4.78, 5) is 78.6. The van der Waals surface area contributed by atoms with E-state index in [1.807, 2.05) is 35.2 Å². The van der Waals surface area contributed by atoms with Crippen LogP contribution in [-0.4, -0.2) is 103 Å². The van der Waals surface area contributed by atoms with Crippen molar-refractivity contribution in [1.82, 2.24) is 24.7 Å². The number of benzene rings is 2. The summed E-state index contributed by atoms with van der Waals surface area (Å²) >= 11 is 0.